The first-order chi connectivity index (χ1) is 9.99. The molecule has 0 saturated carbocycles. The van der Waals surface area contributed by atoms with Crippen molar-refractivity contribution in [1.29, 1.82) is 0 Å². The predicted octanol–water partition coefficient (Wildman–Crippen LogP) is -0.564. The average Bonchev–Trinajstić information content (AvgIpc) is 2.56. The van der Waals surface area contributed by atoms with E-state index in [1.165, 1.54) is 30.9 Å². The zero-order valence-corrected chi connectivity index (χ0v) is 13.5. The molecule has 0 aromatic carbocycles. The summed E-state index contributed by atoms with van der Waals surface area (Å²) < 4.78 is 12.7. The molecule has 124 valence electrons. The Bertz CT molecular complexity index is 646. The highest BCUT2D eigenvalue weighted by Gasteiger charge is 2.73. The van der Waals surface area contributed by atoms with E-state index in [-0.39, 0.29) is 5.82 Å². The number of nitrogens with zero attached hydrogens (tertiary/aromatic N) is 2. The molecule has 1 aliphatic heterocycles. The van der Waals surface area contributed by atoms with E-state index >= 15 is 0 Å². The van der Waals surface area contributed by atoms with Gasteiger partial charge in [0.2, 0.25) is 0 Å². The lowest BCUT2D eigenvalue weighted by Gasteiger charge is -2.45. The Balaban J connectivity index is 2.75. The number of methoxy groups -OCH3 is 1. The summed E-state index contributed by atoms with van der Waals surface area (Å²) >= 11 is 0. The van der Waals surface area contributed by atoms with Crippen molar-refractivity contribution in [2.24, 2.45) is 0 Å². The number of ether oxygens (including phenoxy) is 2. The van der Waals surface area contributed by atoms with Crippen LogP contribution in [-0.4, -0.2) is 50.3 Å². The standard InChI is InChI=1S/C14H23N3O5/c1-11(8-18)12(2,20)13(3,21-5)14(4,22-11)17-7-6-9(15)16-10(17)19/h6-7,18,20H,8H2,1-5H3,(H2,15,16,19)/t11?,12?,13?,14-/m1/s1. The number of nitrogens with two attached hydrogens (primary N) is 1. The molecule has 3 unspecified atom stereocenters. The molecular formula is C14H23N3O5. The first-order valence-corrected chi connectivity index (χ1v) is 6.93. The molecule has 22 heavy (non-hydrogen) atoms. The van der Waals surface area contributed by atoms with Gasteiger partial charge in [-0.1, -0.05) is 0 Å². The molecule has 8 nitrogen and oxygen atoms in total. The van der Waals surface area contributed by atoms with Crippen molar-refractivity contribution >= 4 is 5.82 Å². The van der Waals surface area contributed by atoms with Gasteiger partial charge in [-0.2, -0.15) is 4.98 Å². The van der Waals surface area contributed by atoms with Crippen LogP contribution >= 0.6 is 0 Å². The normalized spacial score (nSPS) is 41.8. The van der Waals surface area contributed by atoms with Gasteiger partial charge in [0, 0.05) is 13.3 Å². The summed E-state index contributed by atoms with van der Waals surface area (Å²) in [5.41, 5.74) is -0.780. The van der Waals surface area contributed by atoms with Crippen LogP contribution in [0, 0.1) is 0 Å². The van der Waals surface area contributed by atoms with E-state index in [2.05, 4.69) is 4.98 Å². The first kappa shape index (κ1) is 16.9. The highest BCUT2D eigenvalue weighted by atomic mass is 16.6. The highest BCUT2D eigenvalue weighted by Crippen LogP contribution is 2.55. The van der Waals surface area contributed by atoms with Gasteiger partial charge in [-0.05, 0) is 33.8 Å². The van der Waals surface area contributed by atoms with Crippen LogP contribution in [0.4, 0.5) is 5.82 Å². The molecule has 4 atom stereocenters. The zero-order chi connectivity index (χ0) is 17.0. The minimum Gasteiger partial charge on any atom is -0.393 e. The summed E-state index contributed by atoms with van der Waals surface area (Å²) in [6.07, 6.45) is 1.43. The van der Waals surface area contributed by atoms with Gasteiger partial charge in [-0.25, -0.2) is 4.79 Å². The number of aliphatic hydroxyl groups is 2. The molecule has 0 bridgehead atoms. The van der Waals surface area contributed by atoms with Crippen LogP contribution < -0.4 is 11.4 Å². The number of rotatable bonds is 3. The Labute approximate surface area is 128 Å². The summed E-state index contributed by atoms with van der Waals surface area (Å²) in [5, 5.41) is 20.7. The largest absolute Gasteiger partial charge is 0.393 e. The van der Waals surface area contributed by atoms with Crippen LogP contribution in [0.3, 0.4) is 0 Å². The number of aliphatic hydroxyl groups excluding tert-OH is 1. The van der Waals surface area contributed by atoms with E-state index in [9.17, 15) is 15.0 Å². The van der Waals surface area contributed by atoms with Gasteiger partial charge in [0.05, 0.1) is 6.61 Å². The lowest BCUT2D eigenvalue weighted by Crippen LogP contribution is -2.64. The van der Waals surface area contributed by atoms with Crippen LogP contribution in [0.15, 0.2) is 17.1 Å². The number of anilines is 1. The maximum atomic E-state index is 12.2. The summed E-state index contributed by atoms with van der Waals surface area (Å²) in [6.45, 7) is 5.84. The molecule has 4 N–H and O–H groups in total. The molecule has 1 fully saturated rings. The molecule has 0 spiro atoms. The Kier molecular flexibility index (Phi) is 3.65. The second kappa shape index (κ2) is 4.76. The summed E-state index contributed by atoms with van der Waals surface area (Å²) in [6, 6.07) is 1.45. The molecule has 1 aliphatic rings. The smallest absolute Gasteiger partial charge is 0.351 e. The summed E-state index contributed by atoms with van der Waals surface area (Å²) in [7, 11) is 1.41. The van der Waals surface area contributed by atoms with Crippen molar-refractivity contribution in [2.75, 3.05) is 19.5 Å². The van der Waals surface area contributed by atoms with Crippen LogP contribution in [0.25, 0.3) is 0 Å². The fourth-order valence-electron chi connectivity index (χ4n) is 3.19. The minimum atomic E-state index is -1.58. The van der Waals surface area contributed by atoms with E-state index < -0.39 is 34.8 Å². The molecule has 2 heterocycles. The fourth-order valence-corrected chi connectivity index (χ4v) is 3.19. The molecule has 2 rings (SSSR count). The highest BCUT2D eigenvalue weighted by molar-refractivity contribution is 5.26. The van der Waals surface area contributed by atoms with E-state index in [4.69, 9.17) is 15.2 Å². The third-order valence-electron chi connectivity index (χ3n) is 5.26. The second-order valence-corrected chi connectivity index (χ2v) is 6.29. The van der Waals surface area contributed by atoms with Crippen molar-refractivity contribution < 1.29 is 19.7 Å². The molecule has 1 saturated heterocycles. The molecule has 0 amide bonds. The van der Waals surface area contributed by atoms with Gasteiger partial charge in [0.1, 0.15) is 22.6 Å². The maximum Gasteiger partial charge on any atom is 0.351 e. The lowest BCUT2D eigenvalue weighted by atomic mass is 9.73. The van der Waals surface area contributed by atoms with Gasteiger partial charge < -0.3 is 25.4 Å². The molecule has 0 aliphatic carbocycles. The van der Waals surface area contributed by atoms with Crippen LogP contribution in [0.2, 0.25) is 0 Å². The van der Waals surface area contributed by atoms with Crippen molar-refractivity contribution in [3.8, 4) is 0 Å². The van der Waals surface area contributed by atoms with Crippen molar-refractivity contribution in [2.45, 2.75) is 50.2 Å². The van der Waals surface area contributed by atoms with Gasteiger partial charge >= 0.3 is 5.69 Å². The Hall–Kier alpha value is -1.48. The SMILES string of the molecule is COC1(C)C(C)(O)C(C)(CO)O[C@@]1(C)n1ccc(N)nc1=O. The van der Waals surface area contributed by atoms with Gasteiger partial charge in [0.15, 0.2) is 5.72 Å². The van der Waals surface area contributed by atoms with E-state index in [0.29, 0.717) is 0 Å². The maximum absolute atomic E-state index is 12.2. The van der Waals surface area contributed by atoms with Crippen LogP contribution in [0.5, 0.6) is 0 Å². The predicted molar refractivity (Wildman–Crippen MR) is 79.2 cm³/mol. The quantitative estimate of drug-likeness (QED) is 0.684. The summed E-state index contributed by atoms with van der Waals surface area (Å²) in [5.74, 6) is 0.0821. The van der Waals surface area contributed by atoms with Crippen LogP contribution in [-0.2, 0) is 15.2 Å². The molecule has 1 aromatic heterocycles. The number of hydrogen-bond acceptors (Lipinski definition) is 7. The zero-order valence-electron chi connectivity index (χ0n) is 13.5. The number of nitrogen functional groups attached to an aromatic ring is 1. The van der Waals surface area contributed by atoms with Gasteiger partial charge in [-0.15, -0.1) is 0 Å². The van der Waals surface area contributed by atoms with Gasteiger partial charge in [-0.3, -0.25) is 4.57 Å². The van der Waals surface area contributed by atoms with Crippen molar-refractivity contribution in [3.05, 3.63) is 22.7 Å². The molecular weight excluding hydrogens is 290 g/mol. The number of hydrogen-bond donors (Lipinski definition) is 3. The van der Waals surface area contributed by atoms with E-state index in [0.717, 1.165) is 0 Å². The van der Waals surface area contributed by atoms with E-state index in [1.54, 1.807) is 20.8 Å². The Morgan fingerprint density at radius 1 is 1.41 bits per heavy atom. The fraction of sp³-hybridized carbons (Fsp3) is 0.714. The molecule has 1 aromatic rings. The van der Waals surface area contributed by atoms with Gasteiger partial charge in [0.25, 0.3) is 0 Å². The first-order valence-electron chi connectivity index (χ1n) is 6.93. The Morgan fingerprint density at radius 2 is 2.00 bits per heavy atom. The second-order valence-electron chi connectivity index (χ2n) is 6.29. The molecule has 0 radical (unpaired) electrons. The van der Waals surface area contributed by atoms with E-state index in [1.807, 2.05) is 0 Å². The monoisotopic (exact) mass is 313 g/mol. The number of aromatic nitrogens is 2. The minimum absolute atomic E-state index is 0.0821. The topological polar surface area (TPSA) is 120 Å². The molecule has 8 heteroatoms. The Morgan fingerprint density at radius 3 is 2.45 bits per heavy atom. The third kappa shape index (κ3) is 1.78. The van der Waals surface area contributed by atoms with Crippen molar-refractivity contribution in [3.63, 3.8) is 0 Å². The average molecular weight is 313 g/mol. The van der Waals surface area contributed by atoms with Crippen molar-refractivity contribution in [1.82, 2.24) is 9.55 Å². The lowest BCUT2D eigenvalue weighted by molar-refractivity contribution is -0.207. The summed E-state index contributed by atoms with van der Waals surface area (Å²) in [4.78, 5) is 15.9. The van der Waals surface area contributed by atoms with Crippen LogP contribution in [0.1, 0.15) is 27.7 Å². The third-order valence-corrected chi connectivity index (χ3v) is 5.26.